The van der Waals surface area contributed by atoms with Crippen molar-refractivity contribution in [1.82, 2.24) is 9.97 Å². The number of amides is 1. The molecule has 6 heteroatoms. The Morgan fingerprint density at radius 2 is 2.15 bits per heavy atom. The first kappa shape index (κ1) is 12.4. The van der Waals surface area contributed by atoms with Crippen molar-refractivity contribution >= 4 is 11.6 Å². The first-order chi connectivity index (χ1) is 9.69. The Morgan fingerprint density at radius 1 is 1.30 bits per heavy atom. The van der Waals surface area contributed by atoms with Crippen molar-refractivity contribution in [1.29, 1.82) is 0 Å². The van der Waals surface area contributed by atoms with Gasteiger partial charge in [0.2, 0.25) is 5.56 Å². The summed E-state index contributed by atoms with van der Waals surface area (Å²) >= 11 is 0. The zero-order chi connectivity index (χ0) is 14.1. The highest BCUT2D eigenvalue weighted by molar-refractivity contribution is 6.07. The molecular formula is C14H13N3O3. The molecule has 20 heavy (non-hydrogen) atoms. The van der Waals surface area contributed by atoms with E-state index in [0.29, 0.717) is 35.7 Å². The van der Waals surface area contributed by atoms with Crippen LogP contribution in [0.1, 0.15) is 16.1 Å². The van der Waals surface area contributed by atoms with Gasteiger partial charge in [0.1, 0.15) is 5.75 Å². The lowest BCUT2D eigenvalue weighted by Gasteiger charge is -2.28. The Bertz CT molecular complexity index is 724. The van der Waals surface area contributed by atoms with Crippen LogP contribution in [0.25, 0.3) is 0 Å². The quantitative estimate of drug-likeness (QED) is 0.883. The molecule has 0 aliphatic carbocycles. The summed E-state index contributed by atoms with van der Waals surface area (Å²) in [6, 6.07) is 4.70. The minimum atomic E-state index is -0.187. The van der Waals surface area contributed by atoms with E-state index in [2.05, 4.69) is 9.97 Å². The molecule has 1 N–H and O–H groups in total. The van der Waals surface area contributed by atoms with Crippen LogP contribution >= 0.6 is 0 Å². The summed E-state index contributed by atoms with van der Waals surface area (Å²) in [6.07, 6.45) is 3.81. The summed E-state index contributed by atoms with van der Waals surface area (Å²) in [5.74, 6) is 0.458. The molecule has 0 unspecified atom stereocenters. The maximum atomic E-state index is 12.5. The van der Waals surface area contributed by atoms with Gasteiger partial charge in [-0.2, -0.15) is 0 Å². The highest BCUT2D eigenvalue weighted by Crippen LogP contribution is 2.24. The molecule has 0 atom stereocenters. The molecule has 1 aliphatic rings. The van der Waals surface area contributed by atoms with Crippen molar-refractivity contribution in [3.05, 3.63) is 52.2 Å². The van der Waals surface area contributed by atoms with Crippen LogP contribution < -0.4 is 15.2 Å². The first-order valence-electron chi connectivity index (χ1n) is 6.22. The number of pyridine rings is 2. The number of anilines is 1. The van der Waals surface area contributed by atoms with Gasteiger partial charge in [0, 0.05) is 30.8 Å². The van der Waals surface area contributed by atoms with E-state index < -0.39 is 0 Å². The molecule has 102 valence electrons. The fourth-order valence-corrected chi connectivity index (χ4v) is 2.30. The van der Waals surface area contributed by atoms with Gasteiger partial charge in [-0.25, -0.2) is 0 Å². The number of aromatic amines is 1. The zero-order valence-electron chi connectivity index (χ0n) is 10.9. The third-order valence-electron chi connectivity index (χ3n) is 3.31. The molecule has 0 saturated carbocycles. The second kappa shape index (κ2) is 4.80. The molecule has 0 spiro atoms. The second-order valence-electron chi connectivity index (χ2n) is 4.50. The lowest BCUT2D eigenvalue weighted by molar-refractivity contribution is 0.0979. The van der Waals surface area contributed by atoms with Gasteiger partial charge < -0.3 is 14.6 Å². The fraction of sp³-hybridized carbons (Fsp3) is 0.214. The molecule has 6 nitrogen and oxygen atoms in total. The minimum absolute atomic E-state index is 0.141. The lowest BCUT2D eigenvalue weighted by Crippen LogP contribution is -2.39. The van der Waals surface area contributed by atoms with Crippen LogP contribution in [0.15, 0.2) is 35.4 Å². The number of fused-ring (bicyclic) bond motifs is 1. The topological polar surface area (TPSA) is 75.3 Å². The van der Waals surface area contributed by atoms with Crippen LogP contribution in [0, 0.1) is 0 Å². The van der Waals surface area contributed by atoms with Crippen LogP contribution in [-0.4, -0.2) is 29.5 Å². The number of carbonyl (C=O) groups is 1. The summed E-state index contributed by atoms with van der Waals surface area (Å²) in [6.45, 7) is 0.501. The Labute approximate surface area is 115 Å². The molecule has 0 fully saturated rings. The van der Waals surface area contributed by atoms with Gasteiger partial charge in [-0.05, 0) is 6.07 Å². The molecule has 3 heterocycles. The Morgan fingerprint density at radius 3 is 2.95 bits per heavy atom. The monoisotopic (exact) mass is 271 g/mol. The van der Waals surface area contributed by atoms with Gasteiger partial charge in [-0.3, -0.25) is 14.6 Å². The van der Waals surface area contributed by atoms with Crippen molar-refractivity contribution in [2.45, 2.75) is 6.42 Å². The number of hydrogen-bond acceptors (Lipinski definition) is 4. The smallest absolute Gasteiger partial charge is 0.260 e. The SMILES string of the molecule is COc1cncc(N2CCc3[nH]c(=O)ccc3C2=O)c1. The third kappa shape index (κ3) is 2.05. The van der Waals surface area contributed by atoms with Gasteiger partial charge in [0.25, 0.3) is 5.91 Å². The minimum Gasteiger partial charge on any atom is -0.495 e. The summed E-state index contributed by atoms with van der Waals surface area (Å²) in [5.41, 5.74) is 1.72. The van der Waals surface area contributed by atoms with Crippen LogP contribution in [-0.2, 0) is 6.42 Å². The number of H-pyrrole nitrogens is 1. The highest BCUT2D eigenvalue weighted by atomic mass is 16.5. The molecular weight excluding hydrogens is 258 g/mol. The molecule has 0 radical (unpaired) electrons. The van der Waals surface area contributed by atoms with E-state index in [-0.39, 0.29) is 11.5 Å². The van der Waals surface area contributed by atoms with E-state index in [1.807, 2.05) is 0 Å². The van der Waals surface area contributed by atoms with Crippen LogP contribution in [0.4, 0.5) is 5.69 Å². The van der Waals surface area contributed by atoms with E-state index in [0.717, 1.165) is 0 Å². The van der Waals surface area contributed by atoms with E-state index in [9.17, 15) is 9.59 Å². The Hall–Kier alpha value is -2.63. The predicted octanol–water partition coefficient (Wildman–Crippen LogP) is 0.981. The molecule has 1 amide bonds. The third-order valence-corrected chi connectivity index (χ3v) is 3.31. The average Bonchev–Trinajstić information content (AvgIpc) is 2.47. The largest absolute Gasteiger partial charge is 0.495 e. The maximum Gasteiger partial charge on any atom is 0.260 e. The first-order valence-corrected chi connectivity index (χ1v) is 6.22. The van der Waals surface area contributed by atoms with Crippen LogP contribution in [0.2, 0.25) is 0 Å². The zero-order valence-corrected chi connectivity index (χ0v) is 10.9. The molecule has 2 aromatic heterocycles. The molecule has 0 bridgehead atoms. The average molecular weight is 271 g/mol. The Balaban J connectivity index is 1.99. The highest BCUT2D eigenvalue weighted by Gasteiger charge is 2.26. The van der Waals surface area contributed by atoms with Gasteiger partial charge in [-0.15, -0.1) is 0 Å². The second-order valence-corrected chi connectivity index (χ2v) is 4.50. The van der Waals surface area contributed by atoms with Gasteiger partial charge >= 0.3 is 0 Å². The van der Waals surface area contributed by atoms with Gasteiger partial charge in [-0.1, -0.05) is 0 Å². The molecule has 0 aromatic carbocycles. The van der Waals surface area contributed by atoms with Gasteiger partial charge in [0.15, 0.2) is 0 Å². The van der Waals surface area contributed by atoms with Crippen molar-refractivity contribution in [2.24, 2.45) is 0 Å². The molecule has 0 saturated heterocycles. The van der Waals surface area contributed by atoms with Crippen molar-refractivity contribution in [3.63, 3.8) is 0 Å². The van der Waals surface area contributed by atoms with Crippen molar-refractivity contribution in [2.75, 3.05) is 18.6 Å². The van der Waals surface area contributed by atoms with Crippen molar-refractivity contribution in [3.8, 4) is 5.75 Å². The predicted molar refractivity (Wildman–Crippen MR) is 73.2 cm³/mol. The number of ether oxygens (including phenoxy) is 1. The number of methoxy groups -OCH3 is 1. The summed E-state index contributed by atoms with van der Waals surface area (Å²) in [5, 5.41) is 0. The molecule has 2 aromatic rings. The van der Waals surface area contributed by atoms with Crippen LogP contribution in [0.5, 0.6) is 5.75 Å². The number of rotatable bonds is 2. The number of nitrogens with one attached hydrogen (secondary N) is 1. The molecule has 1 aliphatic heterocycles. The lowest BCUT2D eigenvalue weighted by atomic mass is 10.0. The van der Waals surface area contributed by atoms with E-state index >= 15 is 0 Å². The number of nitrogens with zero attached hydrogens (tertiary/aromatic N) is 2. The summed E-state index contributed by atoms with van der Waals surface area (Å²) < 4.78 is 5.12. The number of aromatic nitrogens is 2. The van der Waals surface area contributed by atoms with Gasteiger partial charge in [0.05, 0.1) is 30.8 Å². The standard InChI is InChI=1S/C14H13N3O3/c1-20-10-6-9(7-15-8-10)17-5-4-12-11(14(17)19)2-3-13(18)16-12/h2-3,6-8H,4-5H2,1H3,(H,16,18). The fourth-order valence-electron chi connectivity index (χ4n) is 2.30. The maximum absolute atomic E-state index is 12.5. The van der Waals surface area contributed by atoms with Crippen LogP contribution in [0.3, 0.4) is 0 Å². The number of hydrogen-bond donors (Lipinski definition) is 1. The van der Waals surface area contributed by atoms with Crippen molar-refractivity contribution < 1.29 is 9.53 Å². The summed E-state index contributed by atoms with van der Waals surface area (Å²) in [4.78, 5) is 32.1. The van der Waals surface area contributed by atoms with E-state index in [1.54, 1.807) is 36.5 Å². The molecule has 3 rings (SSSR count). The van der Waals surface area contributed by atoms with E-state index in [1.165, 1.54) is 6.07 Å². The van der Waals surface area contributed by atoms with E-state index in [4.69, 9.17) is 4.74 Å². The summed E-state index contributed by atoms with van der Waals surface area (Å²) in [7, 11) is 1.55. The Kier molecular flexibility index (Phi) is 2.98. The normalized spacial score (nSPS) is 14.1. The number of carbonyl (C=O) groups excluding carboxylic acids is 1.